The molecule has 15 heteroatoms. The number of nitrogens with zero attached hydrogens (tertiary/aromatic N) is 2. The van der Waals surface area contributed by atoms with Crippen LogP contribution in [0.25, 0.3) is 10.9 Å². The summed E-state index contributed by atoms with van der Waals surface area (Å²) in [6.07, 6.45) is -2.48. The number of rotatable bonds is 17. The van der Waals surface area contributed by atoms with Crippen LogP contribution in [0.15, 0.2) is 60.8 Å². The molecule has 3 amide bonds. The molecule has 1 unspecified atom stereocenters. The molecule has 0 aliphatic rings. The summed E-state index contributed by atoms with van der Waals surface area (Å²) in [6.45, 7) is 2.86. The number of benzene rings is 2. The highest BCUT2D eigenvalue weighted by atomic mass is 32.1. The van der Waals surface area contributed by atoms with E-state index in [4.69, 9.17) is 17.2 Å². The lowest BCUT2D eigenvalue weighted by atomic mass is 10.0. The molecule has 3 atom stereocenters. The first-order chi connectivity index (χ1) is 22.3. The minimum absolute atomic E-state index is 0.0425. The Morgan fingerprint density at radius 3 is 2.17 bits per heavy atom. The number of thiol groups is 1. The molecule has 0 saturated carbocycles. The number of alkyl halides is 3. The first-order valence-corrected chi connectivity index (χ1v) is 15.9. The standard InChI is InChI=1S/C32H43F3N8O3S/c1-43(15-12-36,16-13-37)14-4-7-27(41-29(44)25(38)20-47)30(45)42-28(17-21-8-10-23(11-9-21)32(33,34)35)31(46)40-24-18-22-5-2-3-6-26(22)39-19-24/h2-3,5-6,8-11,18-19,25,27-28H,4,7,12-17,20,36-38H2,1H3,(H3-,40,41,42,44,45,46,47)/p+1/t25-,27?,28-/m1/s1. The van der Waals surface area contributed by atoms with Gasteiger partial charge in [0.15, 0.2) is 0 Å². The summed E-state index contributed by atoms with van der Waals surface area (Å²) in [7, 11) is 2.01. The average Bonchev–Trinajstić information content (AvgIpc) is 3.03. The molecule has 0 aliphatic carbocycles. The average molecular weight is 678 g/mol. The molecule has 0 spiro atoms. The van der Waals surface area contributed by atoms with E-state index in [0.717, 1.165) is 17.5 Å². The molecule has 3 aromatic rings. The number of hydrogen-bond donors (Lipinski definition) is 7. The van der Waals surface area contributed by atoms with Crippen LogP contribution in [0.1, 0.15) is 24.0 Å². The Morgan fingerprint density at radius 2 is 1.55 bits per heavy atom. The van der Waals surface area contributed by atoms with Gasteiger partial charge in [-0.1, -0.05) is 30.3 Å². The Hall–Kier alpha value is -3.76. The van der Waals surface area contributed by atoms with Crippen LogP contribution in [0.4, 0.5) is 18.9 Å². The monoisotopic (exact) mass is 677 g/mol. The molecule has 0 saturated heterocycles. The number of carbonyl (C=O) groups is 3. The van der Waals surface area contributed by atoms with Gasteiger partial charge in [-0.2, -0.15) is 25.8 Å². The fraction of sp³-hybridized carbons (Fsp3) is 0.438. The van der Waals surface area contributed by atoms with Gasteiger partial charge in [0.25, 0.3) is 0 Å². The van der Waals surface area contributed by atoms with Gasteiger partial charge in [-0.05, 0) is 42.7 Å². The predicted molar refractivity (Wildman–Crippen MR) is 179 cm³/mol. The van der Waals surface area contributed by atoms with Gasteiger partial charge >= 0.3 is 6.18 Å². The van der Waals surface area contributed by atoms with Gasteiger partial charge in [0.05, 0.1) is 55.7 Å². The minimum Gasteiger partial charge on any atom is -0.343 e. The van der Waals surface area contributed by atoms with Crippen LogP contribution < -0.4 is 33.2 Å². The number of quaternary nitrogens is 1. The van der Waals surface area contributed by atoms with E-state index in [9.17, 15) is 27.6 Å². The van der Waals surface area contributed by atoms with Crippen molar-refractivity contribution in [1.82, 2.24) is 15.6 Å². The second-order valence-electron chi connectivity index (χ2n) is 11.7. The quantitative estimate of drug-likeness (QED) is 0.0842. The Balaban J connectivity index is 1.86. The number of amides is 3. The van der Waals surface area contributed by atoms with Gasteiger partial charge in [0, 0.05) is 30.6 Å². The second-order valence-corrected chi connectivity index (χ2v) is 12.1. The van der Waals surface area contributed by atoms with Crippen molar-refractivity contribution in [2.24, 2.45) is 17.2 Å². The number of para-hydroxylation sites is 1. The zero-order valence-corrected chi connectivity index (χ0v) is 27.2. The van der Waals surface area contributed by atoms with Gasteiger partial charge in [-0.25, -0.2) is 0 Å². The van der Waals surface area contributed by atoms with Crippen LogP contribution in [0.3, 0.4) is 0 Å². The number of pyridine rings is 1. The highest BCUT2D eigenvalue weighted by Crippen LogP contribution is 2.29. The predicted octanol–water partition coefficient (Wildman–Crippen LogP) is 1.81. The Morgan fingerprint density at radius 1 is 0.915 bits per heavy atom. The molecular formula is C32H44F3N8O3S+. The minimum atomic E-state index is -4.53. The largest absolute Gasteiger partial charge is 0.416 e. The highest BCUT2D eigenvalue weighted by Gasteiger charge is 2.32. The van der Waals surface area contributed by atoms with E-state index < -0.39 is 47.6 Å². The first-order valence-electron chi connectivity index (χ1n) is 15.3. The zero-order chi connectivity index (χ0) is 34.6. The number of nitrogens with one attached hydrogen (secondary N) is 3. The maximum atomic E-state index is 13.7. The molecule has 47 heavy (non-hydrogen) atoms. The van der Waals surface area contributed by atoms with Crippen LogP contribution in [0.2, 0.25) is 0 Å². The highest BCUT2D eigenvalue weighted by molar-refractivity contribution is 7.80. The Labute approximate surface area is 277 Å². The summed E-state index contributed by atoms with van der Waals surface area (Å²) in [5, 5.41) is 8.91. The number of likely N-dealkylation sites (N-methyl/N-ethyl adjacent to an activating group) is 1. The van der Waals surface area contributed by atoms with E-state index in [1.165, 1.54) is 18.3 Å². The van der Waals surface area contributed by atoms with E-state index in [-0.39, 0.29) is 18.6 Å². The summed E-state index contributed by atoms with van der Waals surface area (Å²) in [4.78, 5) is 44.5. The van der Waals surface area contributed by atoms with Crippen molar-refractivity contribution in [1.29, 1.82) is 0 Å². The fourth-order valence-electron chi connectivity index (χ4n) is 5.18. The van der Waals surface area contributed by atoms with E-state index in [2.05, 4.69) is 33.6 Å². The smallest absolute Gasteiger partial charge is 0.343 e. The van der Waals surface area contributed by atoms with Crippen LogP contribution in [-0.4, -0.2) is 90.8 Å². The summed E-state index contributed by atoms with van der Waals surface area (Å²) in [5.74, 6) is -1.82. The van der Waals surface area contributed by atoms with E-state index in [1.807, 2.05) is 31.3 Å². The lowest BCUT2D eigenvalue weighted by Crippen LogP contribution is -2.56. The molecule has 0 aliphatic heterocycles. The summed E-state index contributed by atoms with van der Waals surface area (Å²) < 4.78 is 40.1. The number of halogens is 3. The van der Waals surface area contributed by atoms with Crippen molar-refractivity contribution in [3.63, 3.8) is 0 Å². The molecule has 3 rings (SSSR count). The van der Waals surface area contributed by atoms with Crippen molar-refractivity contribution < 1.29 is 32.0 Å². The van der Waals surface area contributed by atoms with Crippen molar-refractivity contribution in [3.05, 3.63) is 71.9 Å². The molecule has 0 fully saturated rings. The van der Waals surface area contributed by atoms with E-state index in [0.29, 0.717) is 60.4 Å². The fourth-order valence-corrected chi connectivity index (χ4v) is 5.35. The molecule has 1 heterocycles. The van der Waals surface area contributed by atoms with Gasteiger partial charge in [-0.15, -0.1) is 0 Å². The van der Waals surface area contributed by atoms with Crippen LogP contribution in [0.5, 0.6) is 0 Å². The zero-order valence-electron chi connectivity index (χ0n) is 26.3. The van der Waals surface area contributed by atoms with Crippen molar-refractivity contribution in [3.8, 4) is 0 Å². The number of nitrogens with two attached hydrogens (primary N) is 3. The SMILES string of the molecule is C[N+](CCN)(CCN)CCCC(NC(=O)[C@H](N)CS)C(=O)N[C@H](Cc1ccc(C(F)(F)F)cc1)C(=O)Nc1cnc2ccccc2c1. The molecule has 2 aromatic carbocycles. The number of carbonyl (C=O) groups excluding carboxylic acids is 3. The third kappa shape index (κ3) is 11.5. The number of aromatic nitrogens is 1. The van der Waals surface area contributed by atoms with Crippen LogP contribution in [-0.2, 0) is 27.0 Å². The molecule has 0 radical (unpaired) electrons. The topological polar surface area (TPSA) is 178 Å². The third-order valence-electron chi connectivity index (χ3n) is 7.91. The van der Waals surface area contributed by atoms with E-state index >= 15 is 0 Å². The number of anilines is 1. The summed E-state index contributed by atoms with van der Waals surface area (Å²) >= 11 is 4.08. The summed E-state index contributed by atoms with van der Waals surface area (Å²) in [6, 6.07) is 10.1. The maximum absolute atomic E-state index is 13.7. The van der Waals surface area contributed by atoms with Crippen LogP contribution >= 0.6 is 12.6 Å². The van der Waals surface area contributed by atoms with Crippen molar-refractivity contribution in [2.45, 2.75) is 43.6 Å². The van der Waals surface area contributed by atoms with Crippen molar-refractivity contribution in [2.75, 3.05) is 50.8 Å². The number of hydrogen-bond acceptors (Lipinski definition) is 8. The normalized spacial score (nSPS) is 13.9. The van der Waals surface area contributed by atoms with Gasteiger partial charge in [0.1, 0.15) is 12.1 Å². The Kier molecular flexibility index (Phi) is 14.0. The van der Waals surface area contributed by atoms with Gasteiger partial charge < -0.3 is 37.6 Å². The molecule has 9 N–H and O–H groups in total. The van der Waals surface area contributed by atoms with E-state index in [1.54, 1.807) is 6.07 Å². The molecule has 256 valence electrons. The lowest BCUT2D eigenvalue weighted by Gasteiger charge is -2.34. The maximum Gasteiger partial charge on any atom is 0.416 e. The second kappa shape index (κ2) is 17.4. The van der Waals surface area contributed by atoms with Gasteiger partial charge in [0.2, 0.25) is 17.7 Å². The third-order valence-corrected chi connectivity index (χ3v) is 8.30. The van der Waals surface area contributed by atoms with Crippen molar-refractivity contribution >= 4 is 46.9 Å². The van der Waals surface area contributed by atoms with Crippen LogP contribution in [0, 0.1) is 0 Å². The molecular weight excluding hydrogens is 633 g/mol. The lowest BCUT2D eigenvalue weighted by molar-refractivity contribution is -0.907. The number of fused-ring (bicyclic) bond motifs is 1. The Bertz CT molecular complexity index is 1490. The summed E-state index contributed by atoms with van der Waals surface area (Å²) in [5.41, 5.74) is 18.1. The molecule has 1 aromatic heterocycles. The van der Waals surface area contributed by atoms with Gasteiger partial charge in [-0.3, -0.25) is 19.4 Å². The molecule has 0 bridgehead atoms. The first kappa shape index (κ1) is 37.7. The molecule has 11 nitrogen and oxygen atoms in total.